The summed E-state index contributed by atoms with van der Waals surface area (Å²) in [5.41, 5.74) is 24.6. The first-order valence-electron chi connectivity index (χ1n) is 27.0. The lowest BCUT2D eigenvalue weighted by molar-refractivity contribution is 1.28. The Balaban J connectivity index is 0.759. The van der Waals surface area contributed by atoms with Crippen LogP contribution in [0, 0.1) is 0 Å². The van der Waals surface area contributed by atoms with Gasteiger partial charge in [0.2, 0.25) is 0 Å². The quantitative estimate of drug-likeness (QED) is 0.0925. The van der Waals surface area contributed by atoms with Crippen LogP contribution in [0.1, 0.15) is 33.4 Å². The first-order chi connectivity index (χ1) is 39.1. The summed E-state index contributed by atoms with van der Waals surface area (Å²) >= 11 is 0. The Morgan fingerprint density at radius 3 is 0.443 bits per heavy atom. The zero-order valence-electron chi connectivity index (χ0n) is 43.9. The maximum absolute atomic E-state index is 2.35. The molecule has 0 spiro atoms. The lowest BCUT2D eigenvalue weighted by Gasteiger charge is -2.26. The minimum Gasteiger partial charge on any atom is -0.311 e. The van der Waals surface area contributed by atoms with E-state index >= 15 is 0 Å². The molecule has 0 radical (unpaired) electrons. The summed E-state index contributed by atoms with van der Waals surface area (Å²) in [6.45, 7) is 0. The Kier molecular flexibility index (Phi) is 14.9. The first-order valence-corrected chi connectivity index (χ1v) is 27.0. The van der Waals surface area contributed by atoms with Crippen LogP contribution < -0.4 is 4.90 Å². The summed E-state index contributed by atoms with van der Waals surface area (Å²) < 4.78 is 0. The third-order valence-corrected chi connectivity index (χ3v) is 14.6. The van der Waals surface area contributed by atoms with Gasteiger partial charge in [-0.05, 0) is 137 Å². The van der Waals surface area contributed by atoms with Crippen molar-refractivity contribution >= 4 is 53.5 Å². The van der Waals surface area contributed by atoms with Crippen LogP contribution in [0.3, 0.4) is 0 Å². The number of hydrogen-bond acceptors (Lipinski definition) is 1. The van der Waals surface area contributed by atoms with Gasteiger partial charge in [0.05, 0.1) is 0 Å². The Morgan fingerprint density at radius 2 is 0.278 bits per heavy atom. The van der Waals surface area contributed by atoms with Crippen molar-refractivity contribution in [2.75, 3.05) is 4.90 Å². The molecule has 0 N–H and O–H groups in total. The van der Waals surface area contributed by atoms with Crippen LogP contribution in [0.15, 0.2) is 309 Å². The van der Waals surface area contributed by atoms with Crippen LogP contribution in [-0.4, -0.2) is 0 Å². The summed E-state index contributed by atoms with van der Waals surface area (Å²) in [6, 6.07) is 111. The van der Waals surface area contributed by atoms with E-state index in [0.29, 0.717) is 0 Å². The van der Waals surface area contributed by atoms with Crippen molar-refractivity contribution in [2.45, 2.75) is 0 Å². The zero-order chi connectivity index (χ0) is 53.0. The van der Waals surface area contributed by atoms with Gasteiger partial charge in [-0.1, -0.05) is 309 Å². The maximum Gasteiger partial charge on any atom is 0.0462 e. The van der Waals surface area contributed by atoms with Crippen LogP contribution in [0.2, 0.25) is 0 Å². The van der Waals surface area contributed by atoms with Gasteiger partial charge < -0.3 is 4.90 Å². The maximum atomic E-state index is 2.35. The zero-order valence-corrected chi connectivity index (χ0v) is 43.9. The molecule has 374 valence electrons. The van der Waals surface area contributed by atoms with Gasteiger partial charge in [0.1, 0.15) is 0 Å². The van der Waals surface area contributed by atoms with Crippen molar-refractivity contribution in [1.82, 2.24) is 0 Å². The molecule has 1 nitrogen and oxygen atoms in total. The number of anilines is 3. The van der Waals surface area contributed by atoms with E-state index in [1.165, 1.54) is 83.5 Å². The van der Waals surface area contributed by atoms with Gasteiger partial charge in [0.15, 0.2) is 0 Å². The second-order valence-electron chi connectivity index (χ2n) is 19.8. The van der Waals surface area contributed by atoms with E-state index in [1.807, 2.05) is 0 Å². The first kappa shape index (κ1) is 49.5. The van der Waals surface area contributed by atoms with E-state index in [1.54, 1.807) is 0 Å². The molecule has 0 atom stereocenters. The fourth-order valence-electron chi connectivity index (χ4n) is 10.0. The molecule has 79 heavy (non-hydrogen) atoms. The van der Waals surface area contributed by atoms with Crippen LogP contribution >= 0.6 is 0 Å². The van der Waals surface area contributed by atoms with Gasteiger partial charge in [-0.25, -0.2) is 0 Å². The van der Waals surface area contributed by atoms with E-state index in [9.17, 15) is 0 Å². The van der Waals surface area contributed by atoms with Crippen molar-refractivity contribution in [3.63, 3.8) is 0 Å². The summed E-state index contributed by atoms with van der Waals surface area (Å²) in [5.74, 6) is 0. The molecule has 0 aliphatic rings. The van der Waals surface area contributed by atoms with Gasteiger partial charge in [-0.2, -0.15) is 0 Å². The smallest absolute Gasteiger partial charge is 0.0462 e. The predicted octanol–water partition coefficient (Wildman–Crippen LogP) is 21.7. The fourth-order valence-corrected chi connectivity index (χ4v) is 10.0. The van der Waals surface area contributed by atoms with Gasteiger partial charge in [0.25, 0.3) is 0 Å². The Bertz CT molecular complexity index is 3540. The van der Waals surface area contributed by atoms with Gasteiger partial charge in [-0.3, -0.25) is 0 Å². The average molecular weight is 1010 g/mol. The minimum atomic E-state index is 1.08. The minimum absolute atomic E-state index is 1.08. The molecule has 0 aromatic heterocycles. The molecule has 0 amide bonds. The molecule has 0 fully saturated rings. The molecular formula is C78H57N. The van der Waals surface area contributed by atoms with Gasteiger partial charge in [-0.15, -0.1) is 0 Å². The van der Waals surface area contributed by atoms with Gasteiger partial charge >= 0.3 is 0 Å². The lowest BCUT2D eigenvalue weighted by atomic mass is 10.0. The predicted molar refractivity (Wildman–Crippen MR) is 340 cm³/mol. The fraction of sp³-hybridized carbons (Fsp3) is 0. The SMILES string of the molecule is C(=C\c1ccc(-c2ccc(N(c3ccc(-c4ccc(/C=C/c5ccc(-c6ccccc6)cc5)cc4)cc3)c3ccc(-c4ccc(/C=C/c5ccc(-c6ccccc6)cc5)cc4)cc3)cc2)cc1)/c1ccc(-c2ccccc2)cc1. The Hall–Kier alpha value is -10.3. The molecule has 1 heteroatoms. The molecule has 12 aromatic carbocycles. The second-order valence-corrected chi connectivity index (χ2v) is 19.8. The van der Waals surface area contributed by atoms with Crippen LogP contribution in [-0.2, 0) is 0 Å². The third-order valence-electron chi connectivity index (χ3n) is 14.6. The van der Waals surface area contributed by atoms with Crippen molar-refractivity contribution < 1.29 is 0 Å². The van der Waals surface area contributed by atoms with E-state index in [2.05, 4.69) is 351 Å². The van der Waals surface area contributed by atoms with E-state index in [0.717, 1.165) is 33.8 Å². The highest BCUT2D eigenvalue weighted by Crippen LogP contribution is 2.38. The number of hydrogen-bond donors (Lipinski definition) is 0. The summed E-state index contributed by atoms with van der Waals surface area (Å²) in [5, 5.41) is 0. The molecule has 12 aromatic rings. The second kappa shape index (κ2) is 23.7. The molecule has 12 rings (SSSR count). The van der Waals surface area contributed by atoms with Crippen LogP contribution in [0.4, 0.5) is 17.1 Å². The van der Waals surface area contributed by atoms with Crippen LogP contribution in [0.5, 0.6) is 0 Å². The monoisotopic (exact) mass is 1010 g/mol. The largest absolute Gasteiger partial charge is 0.311 e. The Labute approximate surface area is 465 Å². The van der Waals surface area contributed by atoms with E-state index in [-0.39, 0.29) is 0 Å². The Morgan fingerprint density at radius 1 is 0.139 bits per heavy atom. The molecule has 0 saturated carbocycles. The van der Waals surface area contributed by atoms with Crippen molar-refractivity contribution in [3.8, 4) is 66.8 Å². The number of benzene rings is 12. The molecule has 0 aliphatic carbocycles. The number of nitrogens with zero attached hydrogens (tertiary/aromatic N) is 1. The molecule has 0 heterocycles. The standard InChI is InChI=1S/C78H57N/c1-4-10-64(11-5-1)67-34-22-58(23-35-67)16-19-61-28-40-70(41-29-61)73-46-52-76(53-47-73)79(77-54-48-74(49-55-77)71-42-30-62(31-43-71)20-17-59-24-36-68(37-25-59)65-12-6-2-7-13-65)78-56-50-75(51-57-78)72-44-32-63(33-45-72)21-18-60-26-38-69(39-27-60)66-14-8-3-9-15-66/h1-57H/b19-16+,20-17+,21-18+. The highest BCUT2D eigenvalue weighted by Gasteiger charge is 2.14. The molecule has 0 saturated heterocycles. The van der Waals surface area contributed by atoms with Crippen molar-refractivity contribution in [1.29, 1.82) is 0 Å². The van der Waals surface area contributed by atoms with E-state index < -0.39 is 0 Å². The van der Waals surface area contributed by atoms with E-state index in [4.69, 9.17) is 0 Å². The lowest BCUT2D eigenvalue weighted by Crippen LogP contribution is -2.09. The van der Waals surface area contributed by atoms with Gasteiger partial charge in [0, 0.05) is 17.1 Å². The summed E-state index contributed by atoms with van der Waals surface area (Å²) in [7, 11) is 0. The summed E-state index contributed by atoms with van der Waals surface area (Å²) in [6.07, 6.45) is 13.1. The molecule has 0 bridgehead atoms. The highest BCUT2D eigenvalue weighted by molar-refractivity contribution is 5.83. The molecule has 0 unspecified atom stereocenters. The average Bonchev–Trinajstić information content (AvgIpc) is 3.55. The molecule has 0 aliphatic heterocycles. The normalized spacial score (nSPS) is 11.4. The molecular weight excluding hydrogens is 951 g/mol. The topological polar surface area (TPSA) is 3.24 Å². The third kappa shape index (κ3) is 12.2. The summed E-state index contributed by atoms with van der Waals surface area (Å²) in [4.78, 5) is 2.35. The number of rotatable bonds is 15. The van der Waals surface area contributed by atoms with Crippen molar-refractivity contribution in [2.24, 2.45) is 0 Å². The highest BCUT2D eigenvalue weighted by atomic mass is 15.1. The van der Waals surface area contributed by atoms with Crippen LogP contribution in [0.25, 0.3) is 103 Å². The van der Waals surface area contributed by atoms with Crippen molar-refractivity contribution in [3.05, 3.63) is 343 Å².